The summed E-state index contributed by atoms with van der Waals surface area (Å²) in [5.74, 6) is 0.669. The molecule has 9 rings (SSSR count). The van der Waals surface area contributed by atoms with Crippen molar-refractivity contribution in [1.29, 1.82) is 0 Å². The summed E-state index contributed by atoms with van der Waals surface area (Å²) in [5, 5.41) is 8.31. The normalized spacial score (nSPS) is 11.7. The molecule has 0 aliphatic rings. The second kappa shape index (κ2) is 9.37. The number of rotatable bonds is 3. The Balaban J connectivity index is 1.39. The smallest absolute Gasteiger partial charge is 0.235 e. The third-order valence-corrected chi connectivity index (χ3v) is 8.58. The van der Waals surface area contributed by atoms with Crippen LogP contribution in [0.2, 0.25) is 0 Å². The predicted octanol–water partition coefficient (Wildman–Crippen LogP) is 10.4. The summed E-state index contributed by atoms with van der Waals surface area (Å²) in [6.45, 7) is 0. The number of nitrogens with zero attached hydrogens (tertiary/aromatic N) is 3. The third-order valence-electron chi connectivity index (χ3n) is 8.58. The third kappa shape index (κ3) is 3.75. The maximum absolute atomic E-state index is 5.36. The first-order valence-corrected chi connectivity index (χ1v) is 14.6. The van der Waals surface area contributed by atoms with Gasteiger partial charge in [-0.15, -0.1) is 0 Å². The Bertz CT molecular complexity index is 2510. The van der Waals surface area contributed by atoms with E-state index in [-0.39, 0.29) is 0 Å². The van der Waals surface area contributed by atoms with E-state index in [0.717, 1.165) is 38.8 Å². The van der Waals surface area contributed by atoms with Crippen LogP contribution < -0.4 is 0 Å². The van der Waals surface area contributed by atoms with Crippen LogP contribution in [0.15, 0.2) is 152 Å². The molecule has 0 atom stereocenters. The van der Waals surface area contributed by atoms with Crippen molar-refractivity contribution in [2.45, 2.75) is 0 Å². The van der Waals surface area contributed by atoms with Gasteiger partial charge in [0.25, 0.3) is 0 Å². The number of hydrogen-bond donors (Lipinski definition) is 0. The van der Waals surface area contributed by atoms with Crippen molar-refractivity contribution in [3.05, 3.63) is 152 Å². The van der Waals surface area contributed by atoms with Crippen LogP contribution in [0.1, 0.15) is 0 Å². The first kappa shape index (κ1) is 23.9. The number of para-hydroxylation sites is 1. The van der Waals surface area contributed by atoms with Crippen LogP contribution >= 0.6 is 0 Å². The SMILES string of the molecule is c1ccc(-c2ccc3c4c5ccccc5ccc4n(-c4nc(-c5ccc6ccccc6c5)c5ccccc5n4)c3c2)cc1. The number of aromatic nitrogens is 3. The Hall–Kier alpha value is -5.80. The zero-order valence-electron chi connectivity index (χ0n) is 23.3. The Morgan fingerprint density at radius 1 is 0.395 bits per heavy atom. The molecule has 7 aromatic carbocycles. The van der Waals surface area contributed by atoms with Crippen LogP contribution in [0.25, 0.3) is 82.6 Å². The largest absolute Gasteiger partial charge is 0.278 e. The molecule has 2 aromatic heterocycles. The maximum atomic E-state index is 5.36. The lowest BCUT2D eigenvalue weighted by Crippen LogP contribution is -2.03. The van der Waals surface area contributed by atoms with Crippen molar-refractivity contribution >= 4 is 54.3 Å². The Kier molecular flexibility index (Phi) is 5.20. The Morgan fingerprint density at radius 3 is 1.98 bits per heavy atom. The minimum Gasteiger partial charge on any atom is -0.278 e. The topological polar surface area (TPSA) is 30.7 Å². The van der Waals surface area contributed by atoms with Crippen LogP contribution in [0.3, 0.4) is 0 Å². The van der Waals surface area contributed by atoms with Crippen LogP contribution in [0.5, 0.6) is 0 Å². The van der Waals surface area contributed by atoms with Gasteiger partial charge in [0.15, 0.2) is 0 Å². The zero-order chi connectivity index (χ0) is 28.3. The van der Waals surface area contributed by atoms with Gasteiger partial charge in [-0.05, 0) is 56.9 Å². The maximum Gasteiger partial charge on any atom is 0.235 e. The summed E-state index contributed by atoms with van der Waals surface area (Å²) < 4.78 is 2.25. The molecular weight excluding hydrogens is 522 g/mol. The Morgan fingerprint density at radius 2 is 1.09 bits per heavy atom. The molecule has 0 amide bonds. The van der Waals surface area contributed by atoms with Crippen LogP contribution in [0, 0.1) is 0 Å². The molecule has 0 saturated heterocycles. The molecule has 9 aromatic rings. The average Bonchev–Trinajstić information content (AvgIpc) is 3.42. The highest BCUT2D eigenvalue weighted by molar-refractivity contribution is 6.21. The van der Waals surface area contributed by atoms with Gasteiger partial charge >= 0.3 is 0 Å². The van der Waals surface area contributed by atoms with E-state index in [1.807, 2.05) is 0 Å². The van der Waals surface area contributed by atoms with E-state index in [9.17, 15) is 0 Å². The monoisotopic (exact) mass is 547 g/mol. The van der Waals surface area contributed by atoms with Gasteiger partial charge in [-0.25, -0.2) is 9.97 Å². The fourth-order valence-electron chi connectivity index (χ4n) is 6.53. The molecule has 2 heterocycles. The lowest BCUT2D eigenvalue weighted by molar-refractivity contribution is 1.01. The standard InChI is InChI=1S/C40H25N3/c1-2-10-26(11-3-1)30-20-22-34-37(25-30)43(36-23-21-28-13-6-7-15-32(28)38(34)36)40-41-35-17-9-8-16-33(35)39(42-40)31-19-18-27-12-4-5-14-29(27)24-31/h1-25H. The molecule has 43 heavy (non-hydrogen) atoms. The summed E-state index contributed by atoms with van der Waals surface area (Å²) in [5.41, 5.74) is 7.47. The van der Waals surface area contributed by atoms with Crippen molar-refractivity contribution in [2.24, 2.45) is 0 Å². The van der Waals surface area contributed by atoms with Gasteiger partial charge < -0.3 is 0 Å². The van der Waals surface area contributed by atoms with E-state index in [0.29, 0.717) is 5.95 Å². The molecule has 3 heteroatoms. The van der Waals surface area contributed by atoms with Gasteiger partial charge in [0.2, 0.25) is 5.95 Å². The van der Waals surface area contributed by atoms with E-state index >= 15 is 0 Å². The van der Waals surface area contributed by atoms with Gasteiger partial charge in [-0.2, -0.15) is 0 Å². The van der Waals surface area contributed by atoms with Gasteiger partial charge in [0.05, 0.1) is 22.2 Å². The summed E-state index contributed by atoms with van der Waals surface area (Å²) in [6.07, 6.45) is 0. The molecule has 0 N–H and O–H groups in total. The molecule has 200 valence electrons. The molecule has 0 saturated carbocycles. The number of fused-ring (bicyclic) bond motifs is 7. The first-order valence-electron chi connectivity index (χ1n) is 14.6. The lowest BCUT2D eigenvalue weighted by Gasteiger charge is -2.13. The minimum atomic E-state index is 0.669. The molecule has 3 nitrogen and oxygen atoms in total. The second-order valence-corrected chi connectivity index (χ2v) is 11.1. The highest BCUT2D eigenvalue weighted by Crippen LogP contribution is 2.39. The highest BCUT2D eigenvalue weighted by Gasteiger charge is 2.19. The summed E-state index contributed by atoms with van der Waals surface area (Å²) >= 11 is 0. The van der Waals surface area contributed by atoms with Crippen molar-refractivity contribution in [3.8, 4) is 28.3 Å². The quantitative estimate of drug-likeness (QED) is 0.220. The molecule has 0 spiro atoms. The van der Waals surface area contributed by atoms with Crippen LogP contribution in [0.4, 0.5) is 0 Å². The molecule has 0 bridgehead atoms. The van der Waals surface area contributed by atoms with E-state index in [1.165, 1.54) is 37.9 Å². The van der Waals surface area contributed by atoms with Gasteiger partial charge in [0, 0.05) is 21.7 Å². The van der Waals surface area contributed by atoms with Crippen molar-refractivity contribution in [1.82, 2.24) is 14.5 Å². The molecular formula is C40H25N3. The van der Waals surface area contributed by atoms with E-state index < -0.39 is 0 Å². The van der Waals surface area contributed by atoms with E-state index in [4.69, 9.17) is 9.97 Å². The Labute approximate surface area is 248 Å². The van der Waals surface area contributed by atoms with Crippen LogP contribution in [-0.2, 0) is 0 Å². The predicted molar refractivity (Wildman–Crippen MR) is 180 cm³/mol. The highest BCUT2D eigenvalue weighted by atomic mass is 15.2. The zero-order valence-corrected chi connectivity index (χ0v) is 23.3. The summed E-state index contributed by atoms with van der Waals surface area (Å²) in [4.78, 5) is 10.6. The van der Waals surface area contributed by atoms with Crippen molar-refractivity contribution in [2.75, 3.05) is 0 Å². The second-order valence-electron chi connectivity index (χ2n) is 11.1. The minimum absolute atomic E-state index is 0.669. The first-order chi connectivity index (χ1) is 21.3. The number of hydrogen-bond acceptors (Lipinski definition) is 2. The molecule has 0 aliphatic heterocycles. The van der Waals surface area contributed by atoms with Crippen LogP contribution in [-0.4, -0.2) is 14.5 Å². The molecule has 0 fully saturated rings. The summed E-state index contributed by atoms with van der Waals surface area (Å²) in [7, 11) is 0. The van der Waals surface area contributed by atoms with Gasteiger partial charge in [-0.3, -0.25) is 4.57 Å². The van der Waals surface area contributed by atoms with Gasteiger partial charge in [-0.1, -0.05) is 127 Å². The van der Waals surface area contributed by atoms with E-state index in [2.05, 4.69) is 156 Å². The number of benzene rings is 7. The fourth-order valence-corrected chi connectivity index (χ4v) is 6.53. The van der Waals surface area contributed by atoms with Crippen molar-refractivity contribution in [3.63, 3.8) is 0 Å². The molecule has 0 radical (unpaired) electrons. The summed E-state index contributed by atoms with van der Waals surface area (Å²) in [6, 6.07) is 53.8. The lowest BCUT2D eigenvalue weighted by atomic mass is 10.0. The van der Waals surface area contributed by atoms with E-state index in [1.54, 1.807) is 0 Å². The fraction of sp³-hybridized carbons (Fsp3) is 0. The van der Waals surface area contributed by atoms with Crippen molar-refractivity contribution < 1.29 is 0 Å². The molecule has 0 aliphatic carbocycles. The molecule has 0 unspecified atom stereocenters. The van der Waals surface area contributed by atoms with Gasteiger partial charge in [0.1, 0.15) is 0 Å². The average molecular weight is 548 g/mol.